The predicted octanol–water partition coefficient (Wildman–Crippen LogP) is 5.08. The molecule has 0 radical (unpaired) electrons. The molecular formula is C26H34ClN3O. The molecular weight excluding hydrogens is 406 g/mol. The second kappa shape index (κ2) is 11.1. The number of amides is 1. The molecule has 2 aliphatic rings. The van der Waals surface area contributed by atoms with Crippen molar-refractivity contribution in [3.05, 3.63) is 59.1 Å². The highest BCUT2D eigenvalue weighted by molar-refractivity contribution is 6.30. The number of hydrogen-bond acceptors (Lipinski definition) is 3. The summed E-state index contributed by atoms with van der Waals surface area (Å²) in [7, 11) is 0. The van der Waals surface area contributed by atoms with Gasteiger partial charge in [-0.15, -0.1) is 0 Å². The highest BCUT2D eigenvalue weighted by Crippen LogP contribution is 2.23. The Hall–Kier alpha value is -1.88. The van der Waals surface area contributed by atoms with Crippen molar-refractivity contribution in [1.29, 1.82) is 0 Å². The average molecular weight is 440 g/mol. The Bertz CT molecular complexity index is 840. The molecule has 0 aromatic heterocycles. The van der Waals surface area contributed by atoms with Crippen molar-refractivity contribution in [3.63, 3.8) is 0 Å². The van der Waals surface area contributed by atoms with Crippen LogP contribution in [-0.2, 0) is 0 Å². The molecule has 166 valence electrons. The Morgan fingerprint density at radius 2 is 1.68 bits per heavy atom. The molecule has 0 atom stereocenters. The Morgan fingerprint density at radius 3 is 2.39 bits per heavy atom. The molecule has 5 heteroatoms. The molecule has 31 heavy (non-hydrogen) atoms. The topological polar surface area (TPSA) is 35.6 Å². The SMILES string of the molecule is O=C(NCCCN1CCC(N2CCCCC2)CC1)c1ccc(-c2cccc(Cl)c2)cc1. The van der Waals surface area contributed by atoms with Crippen molar-refractivity contribution in [1.82, 2.24) is 15.1 Å². The van der Waals surface area contributed by atoms with Gasteiger partial charge in [0, 0.05) is 23.2 Å². The lowest BCUT2D eigenvalue weighted by Gasteiger charge is -2.40. The molecule has 2 fully saturated rings. The summed E-state index contributed by atoms with van der Waals surface area (Å²) in [5, 5.41) is 3.79. The molecule has 0 bridgehead atoms. The zero-order chi connectivity index (χ0) is 21.5. The fourth-order valence-corrected chi connectivity index (χ4v) is 5.07. The second-order valence-corrected chi connectivity index (χ2v) is 9.30. The van der Waals surface area contributed by atoms with Crippen LogP contribution in [0.1, 0.15) is 48.9 Å². The number of likely N-dealkylation sites (tertiary alicyclic amines) is 2. The molecule has 2 saturated heterocycles. The number of carbonyl (C=O) groups excluding carboxylic acids is 1. The lowest BCUT2D eigenvalue weighted by atomic mass is 10.00. The third-order valence-corrected chi connectivity index (χ3v) is 6.94. The van der Waals surface area contributed by atoms with Gasteiger partial charge in [0.05, 0.1) is 0 Å². The van der Waals surface area contributed by atoms with Gasteiger partial charge in [-0.25, -0.2) is 0 Å². The fraction of sp³-hybridized carbons (Fsp3) is 0.500. The Labute approximate surface area is 191 Å². The molecule has 2 aliphatic heterocycles. The average Bonchev–Trinajstić information content (AvgIpc) is 2.83. The van der Waals surface area contributed by atoms with Gasteiger partial charge in [-0.05, 0) is 100 Å². The van der Waals surface area contributed by atoms with E-state index in [4.69, 9.17) is 11.6 Å². The lowest BCUT2D eigenvalue weighted by molar-refractivity contribution is 0.0903. The van der Waals surface area contributed by atoms with E-state index < -0.39 is 0 Å². The monoisotopic (exact) mass is 439 g/mol. The Kier molecular flexibility index (Phi) is 8.01. The van der Waals surface area contributed by atoms with E-state index in [2.05, 4.69) is 15.1 Å². The molecule has 0 spiro atoms. The minimum Gasteiger partial charge on any atom is -0.352 e. The Balaban J connectivity index is 1.15. The largest absolute Gasteiger partial charge is 0.352 e. The number of piperidine rings is 2. The molecule has 1 amide bonds. The zero-order valence-electron chi connectivity index (χ0n) is 18.4. The molecule has 0 aliphatic carbocycles. The molecule has 0 saturated carbocycles. The van der Waals surface area contributed by atoms with E-state index in [9.17, 15) is 4.79 Å². The first-order valence-corrected chi connectivity index (χ1v) is 12.2. The van der Waals surface area contributed by atoms with Gasteiger partial charge in [-0.2, -0.15) is 0 Å². The maximum absolute atomic E-state index is 12.5. The zero-order valence-corrected chi connectivity index (χ0v) is 19.1. The predicted molar refractivity (Wildman–Crippen MR) is 129 cm³/mol. The van der Waals surface area contributed by atoms with Crippen molar-refractivity contribution in [2.24, 2.45) is 0 Å². The van der Waals surface area contributed by atoms with Gasteiger partial charge in [0.15, 0.2) is 0 Å². The summed E-state index contributed by atoms with van der Waals surface area (Å²) in [5.41, 5.74) is 2.82. The first-order chi connectivity index (χ1) is 15.2. The van der Waals surface area contributed by atoms with Crippen molar-refractivity contribution >= 4 is 17.5 Å². The van der Waals surface area contributed by atoms with Gasteiger partial charge in [0.2, 0.25) is 0 Å². The van der Waals surface area contributed by atoms with Crippen LogP contribution in [0.2, 0.25) is 5.02 Å². The van der Waals surface area contributed by atoms with Crippen LogP contribution in [0.25, 0.3) is 11.1 Å². The normalized spacial score (nSPS) is 18.7. The maximum Gasteiger partial charge on any atom is 0.251 e. The van der Waals surface area contributed by atoms with Crippen molar-refractivity contribution < 1.29 is 4.79 Å². The molecule has 4 nitrogen and oxygen atoms in total. The van der Waals surface area contributed by atoms with Crippen molar-refractivity contribution in [2.75, 3.05) is 39.3 Å². The van der Waals surface area contributed by atoms with Gasteiger partial charge >= 0.3 is 0 Å². The van der Waals surface area contributed by atoms with Gasteiger partial charge in [0.25, 0.3) is 5.91 Å². The van der Waals surface area contributed by atoms with E-state index in [1.54, 1.807) is 0 Å². The van der Waals surface area contributed by atoms with Crippen LogP contribution in [0.5, 0.6) is 0 Å². The van der Waals surface area contributed by atoms with E-state index in [1.807, 2.05) is 48.5 Å². The standard InChI is InChI=1S/C26H34ClN3O/c27-24-7-4-6-23(20-24)21-8-10-22(11-9-21)26(31)28-14-5-15-29-18-12-25(13-19-29)30-16-2-1-3-17-30/h4,6-11,20,25H,1-3,5,12-19H2,(H,28,31). The van der Waals surface area contributed by atoms with Crippen LogP contribution in [0.3, 0.4) is 0 Å². The van der Waals surface area contributed by atoms with Gasteiger partial charge < -0.3 is 15.1 Å². The van der Waals surface area contributed by atoms with E-state index in [1.165, 1.54) is 58.3 Å². The summed E-state index contributed by atoms with van der Waals surface area (Å²) in [6, 6.07) is 16.3. The van der Waals surface area contributed by atoms with Gasteiger partial charge in [-0.3, -0.25) is 4.79 Å². The van der Waals surface area contributed by atoms with E-state index >= 15 is 0 Å². The van der Waals surface area contributed by atoms with Crippen LogP contribution in [-0.4, -0.2) is 61.0 Å². The first-order valence-electron chi connectivity index (χ1n) is 11.8. The lowest BCUT2D eigenvalue weighted by Crippen LogP contribution is -2.47. The summed E-state index contributed by atoms with van der Waals surface area (Å²) in [4.78, 5) is 17.7. The molecule has 2 aromatic carbocycles. The van der Waals surface area contributed by atoms with Gasteiger partial charge in [-0.1, -0.05) is 42.3 Å². The number of benzene rings is 2. The summed E-state index contributed by atoms with van der Waals surface area (Å²) in [6.45, 7) is 6.79. The summed E-state index contributed by atoms with van der Waals surface area (Å²) in [6.07, 6.45) is 7.76. The molecule has 0 unspecified atom stereocenters. The molecule has 2 aromatic rings. The van der Waals surface area contributed by atoms with Crippen LogP contribution in [0, 0.1) is 0 Å². The molecule has 4 rings (SSSR count). The number of nitrogens with zero attached hydrogens (tertiary/aromatic N) is 2. The second-order valence-electron chi connectivity index (χ2n) is 8.87. The van der Waals surface area contributed by atoms with Gasteiger partial charge in [0.1, 0.15) is 0 Å². The van der Waals surface area contributed by atoms with Crippen LogP contribution in [0.15, 0.2) is 48.5 Å². The summed E-state index contributed by atoms with van der Waals surface area (Å²) < 4.78 is 0. The minimum absolute atomic E-state index is 0.00134. The first kappa shape index (κ1) is 22.3. The molecule has 2 heterocycles. The van der Waals surface area contributed by atoms with E-state index in [-0.39, 0.29) is 5.91 Å². The molecule has 1 N–H and O–H groups in total. The number of halogens is 1. The number of carbonyl (C=O) groups is 1. The van der Waals surface area contributed by atoms with E-state index in [0.717, 1.165) is 41.7 Å². The Morgan fingerprint density at radius 1 is 0.935 bits per heavy atom. The van der Waals surface area contributed by atoms with Crippen LogP contribution in [0.4, 0.5) is 0 Å². The number of rotatable bonds is 7. The minimum atomic E-state index is 0.00134. The highest BCUT2D eigenvalue weighted by Gasteiger charge is 2.25. The summed E-state index contributed by atoms with van der Waals surface area (Å²) >= 11 is 6.08. The maximum atomic E-state index is 12.5. The van der Waals surface area contributed by atoms with Crippen molar-refractivity contribution in [3.8, 4) is 11.1 Å². The van der Waals surface area contributed by atoms with E-state index in [0.29, 0.717) is 5.56 Å². The highest BCUT2D eigenvalue weighted by atomic mass is 35.5. The smallest absolute Gasteiger partial charge is 0.251 e. The van der Waals surface area contributed by atoms with Crippen LogP contribution >= 0.6 is 11.6 Å². The number of nitrogens with one attached hydrogen (secondary N) is 1. The quantitative estimate of drug-likeness (QED) is 0.611. The van der Waals surface area contributed by atoms with Crippen molar-refractivity contribution in [2.45, 2.75) is 44.6 Å². The summed E-state index contributed by atoms with van der Waals surface area (Å²) in [5.74, 6) is 0.00134. The third-order valence-electron chi connectivity index (χ3n) is 6.71. The fourth-order valence-electron chi connectivity index (χ4n) is 4.88. The third kappa shape index (κ3) is 6.31. The number of hydrogen-bond donors (Lipinski definition) is 1. The van der Waals surface area contributed by atoms with Crippen LogP contribution < -0.4 is 5.32 Å².